The molecule has 3 nitrogen and oxygen atoms in total. The SMILES string of the molecule is c1cnc2c(c1)OCC[N]2. The molecule has 0 amide bonds. The summed E-state index contributed by atoms with van der Waals surface area (Å²) in [5.41, 5.74) is 0. The lowest BCUT2D eigenvalue weighted by atomic mass is 10.4. The minimum atomic E-state index is 0.679. The summed E-state index contributed by atoms with van der Waals surface area (Å²) in [6.45, 7) is 1.41. The molecule has 0 fully saturated rings. The highest BCUT2D eigenvalue weighted by molar-refractivity contribution is 5.44. The summed E-state index contributed by atoms with van der Waals surface area (Å²) < 4.78 is 5.27. The van der Waals surface area contributed by atoms with Crippen molar-refractivity contribution >= 4 is 5.82 Å². The second kappa shape index (κ2) is 2.17. The number of ether oxygens (including phenoxy) is 1. The van der Waals surface area contributed by atoms with Crippen molar-refractivity contribution in [3.63, 3.8) is 0 Å². The third kappa shape index (κ3) is 0.795. The van der Waals surface area contributed by atoms with Crippen LogP contribution in [0.4, 0.5) is 5.82 Å². The van der Waals surface area contributed by atoms with Gasteiger partial charge in [-0.3, -0.25) is 5.32 Å². The Morgan fingerprint density at radius 1 is 1.50 bits per heavy atom. The van der Waals surface area contributed by atoms with E-state index in [9.17, 15) is 0 Å². The van der Waals surface area contributed by atoms with Gasteiger partial charge in [0.1, 0.15) is 6.61 Å². The molecule has 0 unspecified atom stereocenters. The van der Waals surface area contributed by atoms with Crippen LogP contribution in [0.3, 0.4) is 0 Å². The Kier molecular flexibility index (Phi) is 1.20. The van der Waals surface area contributed by atoms with Crippen LogP contribution in [0.25, 0.3) is 0 Å². The van der Waals surface area contributed by atoms with Crippen molar-refractivity contribution in [1.82, 2.24) is 10.3 Å². The first-order valence-corrected chi connectivity index (χ1v) is 3.22. The van der Waals surface area contributed by atoms with Crippen LogP contribution in [0, 0.1) is 0 Å². The van der Waals surface area contributed by atoms with Crippen LogP contribution in [-0.2, 0) is 0 Å². The molecule has 2 rings (SSSR count). The van der Waals surface area contributed by atoms with Crippen molar-refractivity contribution in [1.29, 1.82) is 0 Å². The van der Waals surface area contributed by atoms with Crippen LogP contribution in [0.5, 0.6) is 5.75 Å². The first-order chi connectivity index (χ1) is 4.97. The third-order valence-electron chi connectivity index (χ3n) is 1.36. The normalized spacial score (nSPS) is 14.8. The van der Waals surface area contributed by atoms with E-state index in [-0.39, 0.29) is 0 Å². The molecule has 0 bridgehead atoms. The summed E-state index contributed by atoms with van der Waals surface area (Å²) in [4.78, 5) is 4.03. The van der Waals surface area contributed by atoms with E-state index in [1.807, 2.05) is 12.1 Å². The van der Waals surface area contributed by atoms with Crippen LogP contribution < -0.4 is 10.1 Å². The van der Waals surface area contributed by atoms with Crippen molar-refractivity contribution in [3.8, 4) is 5.75 Å². The molecule has 51 valence electrons. The molecule has 1 aliphatic heterocycles. The summed E-state index contributed by atoms with van der Waals surface area (Å²) in [6, 6.07) is 3.73. The van der Waals surface area contributed by atoms with Crippen molar-refractivity contribution in [3.05, 3.63) is 18.3 Å². The highest BCUT2D eigenvalue weighted by atomic mass is 16.5. The zero-order valence-corrected chi connectivity index (χ0v) is 5.45. The van der Waals surface area contributed by atoms with E-state index in [1.165, 1.54) is 0 Å². The number of rotatable bonds is 0. The fourth-order valence-corrected chi connectivity index (χ4v) is 0.921. The van der Waals surface area contributed by atoms with E-state index in [2.05, 4.69) is 10.3 Å². The largest absolute Gasteiger partial charge is 0.488 e. The molecule has 0 atom stereocenters. The molecule has 0 saturated carbocycles. The lowest BCUT2D eigenvalue weighted by molar-refractivity contribution is 0.299. The minimum absolute atomic E-state index is 0.679. The van der Waals surface area contributed by atoms with E-state index in [1.54, 1.807) is 6.20 Å². The molecule has 0 aliphatic carbocycles. The number of pyridine rings is 1. The number of hydrogen-bond acceptors (Lipinski definition) is 2. The zero-order valence-electron chi connectivity index (χ0n) is 5.45. The molecule has 3 heteroatoms. The lowest BCUT2D eigenvalue weighted by Gasteiger charge is -2.14. The molecular formula is C7H7N2O. The predicted molar refractivity (Wildman–Crippen MR) is 36.4 cm³/mol. The highest BCUT2D eigenvalue weighted by Gasteiger charge is 2.09. The molecule has 1 aliphatic rings. The Balaban J connectivity index is 2.41. The lowest BCUT2D eigenvalue weighted by Crippen LogP contribution is -2.17. The Bertz CT molecular complexity index is 212. The van der Waals surface area contributed by atoms with Crippen molar-refractivity contribution in [2.24, 2.45) is 0 Å². The number of hydrogen-bond donors (Lipinski definition) is 0. The van der Waals surface area contributed by atoms with Crippen LogP contribution in [0.2, 0.25) is 0 Å². The van der Waals surface area contributed by atoms with Gasteiger partial charge in [0.2, 0.25) is 0 Å². The first-order valence-electron chi connectivity index (χ1n) is 3.22. The van der Waals surface area contributed by atoms with Crippen molar-refractivity contribution in [2.45, 2.75) is 0 Å². The average Bonchev–Trinajstić information content (AvgIpc) is 2.05. The zero-order chi connectivity index (χ0) is 6.81. The fourth-order valence-electron chi connectivity index (χ4n) is 0.921. The van der Waals surface area contributed by atoms with Crippen LogP contribution in [-0.4, -0.2) is 18.1 Å². The maximum Gasteiger partial charge on any atom is 0.190 e. The van der Waals surface area contributed by atoms with Crippen molar-refractivity contribution < 1.29 is 4.74 Å². The summed E-state index contributed by atoms with van der Waals surface area (Å²) in [6.07, 6.45) is 1.72. The maximum atomic E-state index is 5.27. The third-order valence-corrected chi connectivity index (χ3v) is 1.36. The molecule has 1 aromatic rings. The molecule has 0 N–H and O–H groups in total. The Morgan fingerprint density at radius 3 is 3.40 bits per heavy atom. The number of nitrogens with zero attached hydrogens (tertiary/aromatic N) is 2. The van der Waals surface area contributed by atoms with E-state index < -0.39 is 0 Å². The van der Waals surface area contributed by atoms with Gasteiger partial charge < -0.3 is 4.74 Å². The van der Waals surface area contributed by atoms with Crippen LogP contribution in [0.15, 0.2) is 18.3 Å². The van der Waals surface area contributed by atoms with Gasteiger partial charge in [0.15, 0.2) is 11.6 Å². The number of aromatic nitrogens is 1. The second-order valence-electron chi connectivity index (χ2n) is 2.06. The van der Waals surface area contributed by atoms with Crippen molar-refractivity contribution in [2.75, 3.05) is 13.2 Å². The molecule has 10 heavy (non-hydrogen) atoms. The van der Waals surface area contributed by atoms with Gasteiger partial charge in [-0.2, -0.15) is 0 Å². The van der Waals surface area contributed by atoms with Gasteiger partial charge in [0, 0.05) is 6.20 Å². The first kappa shape index (κ1) is 5.53. The molecule has 1 radical (unpaired) electrons. The summed E-state index contributed by atoms with van der Waals surface area (Å²) in [7, 11) is 0. The molecule has 2 heterocycles. The van der Waals surface area contributed by atoms with E-state index in [4.69, 9.17) is 4.74 Å². The second-order valence-corrected chi connectivity index (χ2v) is 2.06. The van der Waals surface area contributed by atoms with Gasteiger partial charge >= 0.3 is 0 Å². The molecule has 1 aromatic heterocycles. The summed E-state index contributed by atoms with van der Waals surface area (Å²) in [5, 5.41) is 4.16. The standard InChI is InChI=1S/C7H7N2O/c1-2-6-7(8-3-1)9-4-5-10-6/h1-3H,4-5H2. The van der Waals surface area contributed by atoms with Gasteiger partial charge in [-0.25, -0.2) is 4.98 Å². The summed E-state index contributed by atoms with van der Waals surface area (Å²) >= 11 is 0. The Labute approximate surface area is 59.0 Å². The van der Waals surface area contributed by atoms with E-state index in [0.29, 0.717) is 6.61 Å². The van der Waals surface area contributed by atoms with E-state index in [0.717, 1.165) is 18.1 Å². The molecule has 0 spiro atoms. The topological polar surface area (TPSA) is 36.2 Å². The van der Waals surface area contributed by atoms with Gasteiger partial charge in [-0.1, -0.05) is 0 Å². The minimum Gasteiger partial charge on any atom is -0.488 e. The maximum absolute atomic E-state index is 5.27. The summed E-state index contributed by atoms with van der Waals surface area (Å²) in [5.74, 6) is 1.53. The Morgan fingerprint density at radius 2 is 2.50 bits per heavy atom. The molecule has 0 aromatic carbocycles. The van der Waals surface area contributed by atoms with Gasteiger partial charge in [0.25, 0.3) is 0 Å². The number of fused-ring (bicyclic) bond motifs is 1. The molecule has 0 saturated heterocycles. The predicted octanol–water partition coefficient (Wildman–Crippen LogP) is 0.710. The van der Waals surface area contributed by atoms with E-state index >= 15 is 0 Å². The van der Waals surface area contributed by atoms with Gasteiger partial charge in [0.05, 0.1) is 6.54 Å². The van der Waals surface area contributed by atoms with Crippen LogP contribution in [0.1, 0.15) is 0 Å². The Hall–Kier alpha value is -1.25. The quantitative estimate of drug-likeness (QED) is 0.525. The smallest absolute Gasteiger partial charge is 0.190 e. The van der Waals surface area contributed by atoms with Crippen LogP contribution >= 0.6 is 0 Å². The monoisotopic (exact) mass is 135 g/mol. The van der Waals surface area contributed by atoms with Gasteiger partial charge in [-0.05, 0) is 12.1 Å². The molecular weight excluding hydrogens is 128 g/mol. The van der Waals surface area contributed by atoms with Gasteiger partial charge in [-0.15, -0.1) is 0 Å². The fraction of sp³-hybridized carbons (Fsp3) is 0.286. The average molecular weight is 135 g/mol. The highest BCUT2D eigenvalue weighted by Crippen LogP contribution is 2.22.